The molecule has 0 saturated heterocycles. The van der Waals surface area contributed by atoms with Crippen LogP contribution in [0.5, 0.6) is 0 Å². The summed E-state index contributed by atoms with van der Waals surface area (Å²) in [6.45, 7) is 1.80. The number of pyridine rings is 1. The third-order valence-electron chi connectivity index (χ3n) is 4.48. The highest BCUT2D eigenvalue weighted by Gasteiger charge is 2.18. The van der Waals surface area contributed by atoms with E-state index in [2.05, 4.69) is 20.5 Å². The molecule has 3 heterocycles. The lowest BCUT2D eigenvalue weighted by Gasteiger charge is -2.07. The number of hydrogen-bond donors (Lipinski definition) is 1. The molecule has 152 valence electrons. The van der Waals surface area contributed by atoms with E-state index in [1.165, 1.54) is 27.8 Å². The molecule has 1 amide bonds. The molecular weight excluding hydrogens is 420 g/mol. The van der Waals surface area contributed by atoms with Gasteiger partial charge >= 0.3 is 0 Å². The summed E-state index contributed by atoms with van der Waals surface area (Å²) < 4.78 is 3.94. The number of para-hydroxylation sites is 1. The van der Waals surface area contributed by atoms with Gasteiger partial charge in [0.25, 0.3) is 5.56 Å². The number of anilines is 1. The van der Waals surface area contributed by atoms with Crippen molar-refractivity contribution in [3.05, 3.63) is 70.9 Å². The number of nitrogens with zero attached hydrogens (tertiary/aromatic N) is 5. The predicted octanol–water partition coefficient (Wildman–Crippen LogP) is 3.13. The number of carbonyl (C=O) groups excluding carboxylic acids is 1. The molecule has 0 atom stereocenters. The molecule has 0 radical (unpaired) electrons. The second kappa shape index (κ2) is 8.64. The van der Waals surface area contributed by atoms with E-state index in [4.69, 9.17) is 0 Å². The van der Waals surface area contributed by atoms with E-state index in [1.54, 1.807) is 31.0 Å². The Hall–Kier alpha value is -3.24. The fraction of sp³-hybridized carbons (Fsp3) is 0.150. The van der Waals surface area contributed by atoms with Crippen LogP contribution in [-0.2, 0) is 11.8 Å². The number of aromatic nitrogens is 5. The number of hydrogen-bond acceptors (Lipinski definition) is 7. The maximum atomic E-state index is 12.9. The molecule has 1 aromatic carbocycles. The van der Waals surface area contributed by atoms with Crippen LogP contribution in [0.4, 0.5) is 5.69 Å². The zero-order chi connectivity index (χ0) is 21.1. The van der Waals surface area contributed by atoms with Gasteiger partial charge in [0, 0.05) is 25.0 Å². The molecule has 10 heteroatoms. The van der Waals surface area contributed by atoms with E-state index in [0.717, 1.165) is 16.3 Å². The highest BCUT2D eigenvalue weighted by Crippen LogP contribution is 2.29. The lowest BCUT2D eigenvalue weighted by Crippen LogP contribution is -2.23. The van der Waals surface area contributed by atoms with Gasteiger partial charge in [-0.05, 0) is 31.2 Å². The summed E-state index contributed by atoms with van der Waals surface area (Å²) in [5.41, 5.74) is 2.36. The van der Waals surface area contributed by atoms with E-state index < -0.39 is 0 Å². The Labute approximate surface area is 180 Å². The lowest BCUT2D eigenvalue weighted by atomic mass is 10.3. The van der Waals surface area contributed by atoms with Crippen molar-refractivity contribution in [2.75, 3.05) is 11.1 Å². The Bertz CT molecular complexity index is 1230. The monoisotopic (exact) mass is 438 g/mol. The van der Waals surface area contributed by atoms with Gasteiger partial charge in [0.1, 0.15) is 10.7 Å². The average molecular weight is 439 g/mol. The minimum atomic E-state index is -0.272. The molecule has 0 spiro atoms. The molecule has 0 saturated carbocycles. The number of rotatable bonds is 6. The van der Waals surface area contributed by atoms with Gasteiger partial charge in [-0.3, -0.25) is 19.3 Å². The Morgan fingerprint density at radius 2 is 1.87 bits per heavy atom. The molecule has 0 bridgehead atoms. The number of thioether (sulfide) groups is 1. The quantitative estimate of drug-likeness (QED) is 0.465. The molecule has 0 unspecified atom stereocenters. The molecule has 8 nitrogen and oxygen atoms in total. The lowest BCUT2D eigenvalue weighted by molar-refractivity contribution is -0.113. The Morgan fingerprint density at radius 1 is 1.13 bits per heavy atom. The molecule has 4 rings (SSSR count). The van der Waals surface area contributed by atoms with Crippen LogP contribution in [0.15, 0.2) is 64.0 Å². The van der Waals surface area contributed by atoms with Gasteiger partial charge < -0.3 is 5.32 Å². The van der Waals surface area contributed by atoms with Crippen LogP contribution < -0.4 is 10.9 Å². The maximum Gasteiger partial charge on any atom is 0.295 e. The first kappa shape index (κ1) is 20.0. The molecule has 0 aliphatic rings. The van der Waals surface area contributed by atoms with Crippen LogP contribution in [0.2, 0.25) is 0 Å². The summed E-state index contributed by atoms with van der Waals surface area (Å²) in [5, 5.41) is 11.8. The van der Waals surface area contributed by atoms with Gasteiger partial charge in [0.15, 0.2) is 4.34 Å². The van der Waals surface area contributed by atoms with Gasteiger partial charge in [-0.2, -0.15) is 0 Å². The van der Waals surface area contributed by atoms with Crippen molar-refractivity contribution >= 4 is 34.7 Å². The molecule has 3 aromatic heterocycles. The van der Waals surface area contributed by atoms with E-state index in [1.807, 2.05) is 42.5 Å². The molecular formula is C20H18N6O2S2. The Balaban J connectivity index is 1.45. The van der Waals surface area contributed by atoms with Crippen LogP contribution >= 0.6 is 23.1 Å². The van der Waals surface area contributed by atoms with Crippen molar-refractivity contribution in [3.8, 4) is 16.3 Å². The zero-order valence-corrected chi connectivity index (χ0v) is 17.9. The minimum Gasteiger partial charge on any atom is -0.319 e. The predicted molar refractivity (Wildman–Crippen MR) is 118 cm³/mol. The average Bonchev–Trinajstić information content (AvgIpc) is 3.33. The summed E-state index contributed by atoms with van der Waals surface area (Å²) in [5.74, 6) is -0.143. The highest BCUT2D eigenvalue weighted by atomic mass is 32.2. The smallest absolute Gasteiger partial charge is 0.295 e. The normalized spacial score (nSPS) is 10.9. The van der Waals surface area contributed by atoms with E-state index in [0.29, 0.717) is 10.0 Å². The van der Waals surface area contributed by atoms with E-state index >= 15 is 0 Å². The molecule has 30 heavy (non-hydrogen) atoms. The SMILES string of the molecule is Cc1c(NC(=O)CSc2nnc(-c3ccncc3)s2)c(=O)n(-c2ccccc2)n1C. The summed E-state index contributed by atoms with van der Waals surface area (Å²) in [7, 11) is 1.79. The topological polar surface area (TPSA) is 94.7 Å². The first-order valence-corrected chi connectivity index (χ1v) is 10.9. The molecule has 0 aliphatic carbocycles. The van der Waals surface area contributed by atoms with Gasteiger partial charge in [0.05, 0.1) is 17.1 Å². The van der Waals surface area contributed by atoms with Crippen LogP contribution in [-0.4, -0.2) is 36.2 Å². The Kier molecular flexibility index (Phi) is 5.77. The summed E-state index contributed by atoms with van der Waals surface area (Å²) in [6, 6.07) is 13.0. The standard InChI is InChI=1S/C20H18N6O2S2/c1-13-17(19(28)26(25(13)2)15-6-4-3-5-7-15)22-16(27)12-29-20-24-23-18(30-20)14-8-10-21-11-9-14/h3-11H,12H2,1-2H3,(H,22,27). The second-order valence-corrected chi connectivity index (χ2v) is 8.58. The number of amides is 1. The maximum absolute atomic E-state index is 12.9. The summed E-state index contributed by atoms with van der Waals surface area (Å²) in [4.78, 5) is 29.3. The first-order chi connectivity index (χ1) is 14.5. The minimum absolute atomic E-state index is 0.129. The summed E-state index contributed by atoms with van der Waals surface area (Å²) in [6.07, 6.45) is 3.39. The largest absolute Gasteiger partial charge is 0.319 e. The van der Waals surface area contributed by atoms with Gasteiger partial charge in [-0.15, -0.1) is 10.2 Å². The third-order valence-corrected chi connectivity index (χ3v) is 6.58. The van der Waals surface area contributed by atoms with Crippen molar-refractivity contribution in [3.63, 3.8) is 0 Å². The fourth-order valence-corrected chi connectivity index (χ4v) is 4.55. The second-order valence-electron chi connectivity index (χ2n) is 6.38. The summed E-state index contributed by atoms with van der Waals surface area (Å²) >= 11 is 2.69. The van der Waals surface area contributed by atoms with Gasteiger partial charge in [0.2, 0.25) is 5.91 Å². The van der Waals surface area contributed by atoms with Crippen molar-refractivity contribution < 1.29 is 4.79 Å². The molecule has 0 fully saturated rings. The Morgan fingerprint density at radius 3 is 2.60 bits per heavy atom. The highest BCUT2D eigenvalue weighted by molar-refractivity contribution is 8.01. The number of benzene rings is 1. The van der Waals surface area contributed by atoms with Crippen molar-refractivity contribution in [2.45, 2.75) is 11.3 Å². The van der Waals surface area contributed by atoms with Gasteiger partial charge in [-0.1, -0.05) is 41.3 Å². The number of nitrogens with one attached hydrogen (secondary N) is 1. The molecule has 4 aromatic rings. The van der Waals surface area contributed by atoms with Crippen molar-refractivity contribution in [2.24, 2.45) is 7.05 Å². The zero-order valence-electron chi connectivity index (χ0n) is 16.3. The van der Waals surface area contributed by atoms with E-state index in [-0.39, 0.29) is 22.9 Å². The fourth-order valence-electron chi connectivity index (χ4n) is 2.89. The van der Waals surface area contributed by atoms with Crippen LogP contribution in [0.25, 0.3) is 16.3 Å². The van der Waals surface area contributed by atoms with E-state index in [9.17, 15) is 9.59 Å². The molecule has 1 N–H and O–H groups in total. The van der Waals surface area contributed by atoms with Crippen molar-refractivity contribution in [1.29, 1.82) is 0 Å². The van der Waals surface area contributed by atoms with Crippen LogP contribution in [0.1, 0.15) is 5.69 Å². The number of carbonyl (C=O) groups is 1. The van der Waals surface area contributed by atoms with Crippen LogP contribution in [0, 0.1) is 6.92 Å². The first-order valence-electron chi connectivity index (χ1n) is 9.05. The third kappa shape index (κ3) is 4.05. The van der Waals surface area contributed by atoms with Gasteiger partial charge in [-0.25, -0.2) is 4.68 Å². The van der Waals surface area contributed by atoms with Crippen LogP contribution in [0.3, 0.4) is 0 Å². The molecule has 0 aliphatic heterocycles. The van der Waals surface area contributed by atoms with Crippen molar-refractivity contribution in [1.82, 2.24) is 24.5 Å².